The second kappa shape index (κ2) is 10.9. The molecule has 2 aromatic rings. The molecule has 0 aromatic heterocycles. The molecule has 172 valence electrons. The summed E-state index contributed by atoms with van der Waals surface area (Å²) in [5.41, 5.74) is 7.52. The Hall–Kier alpha value is -1.82. The number of hydrogen-bond acceptors (Lipinski definition) is 3. The highest BCUT2D eigenvalue weighted by molar-refractivity contribution is 8.00. The van der Waals surface area contributed by atoms with Crippen LogP contribution in [0.4, 0.5) is 0 Å². The number of benzene rings is 2. The van der Waals surface area contributed by atoms with E-state index in [0.717, 1.165) is 37.0 Å². The van der Waals surface area contributed by atoms with Gasteiger partial charge >= 0.3 is 0 Å². The zero-order valence-electron chi connectivity index (χ0n) is 20.1. The van der Waals surface area contributed by atoms with Gasteiger partial charge in [0.2, 0.25) is 8.32 Å². The van der Waals surface area contributed by atoms with Crippen LogP contribution in [0.5, 0.6) is 0 Å². The highest BCUT2D eigenvalue weighted by Crippen LogP contribution is 2.36. The van der Waals surface area contributed by atoms with E-state index in [1.165, 1.54) is 16.7 Å². The summed E-state index contributed by atoms with van der Waals surface area (Å²) < 4.78 is 5.97. The van der Waals surface area contributed by atoms with Crippen LogP contribution in [0.15, 0.2) is 66.2 Å². The van der Waals surface area contributed by atoms with Gasteiger partial charge in [-0.2, -0.15) is 11.8 Å². The number of carbonyl (C=O) groups excluding carboxylic acids is 1. The molecule has 0 radical (unpaired) electrons. The Morgan fingerprint density at radius 1 is 1.06 bits per heavy atom. The molecule has 3 rings (SSSR count). The van der Waals surface area contributed by atoms with Gasteiger partial charge in [0.1, 0.15) is 0 Å². The van der Waals surface area contributed by atoms with Crippen LogP contribution in [0.25, 0.3) is 11.1 Å². The Labute approximate surface area is 199 Å². The van der Waals surface area contributed by atoms with Crippen molar-refractivity contribution < 1.29 is 9.32 Å². The van der Waals surface area contributed by atoms with Gasteiger partial charge in [0, 0.05) is 10.8 Å². The molecule has 32 heavy (non-hydrogen) atoms. The summed E-state index contributed by atoms with van der Waals surface area (Å²) in [6, 6.07) is 19.3. The first-order valence-electron chi connectivity index (χ1n) is 11.6. The quantitative estimate of drug-likeness (QED) is 0.330. The van der Waals surface area contributed by atoms with Crippen molar-refractivity contribution in [2.75, 3.05) is 5.75 Å². The lowest BCUT2D eigenvalue weighted by molar-refractivity contribution is -0.124. The van der Waals surface area contributed by atoms with Crippen LogP contribution in [0.2, 0.25) is 18.1 Å². The predicted octanol–water partition coefficient (Wildman–Crippen LogP) is 7.16. The fraction of sp³-hybridized carbons (Fsp3) is 0.444. The van der Waals surface area contributed by atoms with Crippen LogP contribution in [0, 0.1) is 0 Å². The number of hydrogen-bond donors (Lipinski definition) is 1. The normalized spacial score (nSPS) is 17.0. The fourth-order valence-electron chi connectivity index (χ4n) is 3.46. The molecule has 1 atom stereocenters. The van der Waals surface area contributed by atoms with Gasteiger partial charge in [-0.15, -0.1) is 0 Å². The van der Waals surface area contributed by atoms with E-state index < -0.39 is 8.32 Å². The van der Waals surface area contributed by atoms with Crippen molar-refractivity contribution in [2.45, 2.75) is 69.8 Å². The van der Waals surface area contributed by atoms with E-state index in [1.54, 1.807) is 0 Å². The molecule has 0 saturated carbocycles. The smallest absolute Gasteiger partial charge is 0.270 e. The summed E-state index contributed by atoms with van der Waals surface area (Å²) in [5, 5.41) is 0.307. The lowest BCUT2D eigenvalue weighted by Gasteiger charge is -2.35. The number of thioether (sulfide) groups is 1. The summed E-state index contributed by atoms with van der Waals surface area (Å²) >= 11 is 1.89. The largest absolute Gasteiger partial charge is 0.319 e. The van der Waals surface area contributed by atoms with Crippen molar-refractivity contribution >= 4 is 26.0 Å². The van der Waals surface area contributed by atoms with Gasteiger partial charge in [-0.3, -0.25) is 4.79 Å². The fourth-order valence-corrected chi connectivity index (χ4v) is 5.47. The minimum atomic E-state index is -2.02. The molecule has 0 aliphatic heterocycles. The molecule has 1 N–H and O–H groups in total. The predicted molar refractivity (Wildman–Crippen MR) is 140 cm³/mol. The maximum Gasteiger partial charge on any atom is 0.270 e. The zero-order chi connectivity index (χ0) is 23.2. The van der Waals surface area contributed by atoms with Crippen molar-refractivity contribution in [3.63, 3.8) is 0 Å². The number of nitrogens with one attached hydrogen (secondary N) is 1. The Bertz CT molecular complexity index is 917. The summed E-state index contributed by atoms with van der Waals surface area (Å²) in [4.78, 5) is 12.9. The first-order chi connectivity index (χ1) is 15.2. The average molecular weight is 468 g/mol. The summed E-state index contributed by atoms with van der Waals surface area (Å²) in [6.45, 7) is 10.8. The van der Waals surface area contributed by atoms with Crippen LogP contribution in [-0.4, -0.2) is 25.2 Å². The van der Waals surface area contributed by atoms with E-state index in [2.05, 4.69) is 94.0 Å². The van der Waals surface area contributed by atoms with E-state index in [4.69, 9.17) is 4.53 Å². The first kappa shape index (κ1) is 24.8. The molecule has 0 saturated heterocycles. The second-order valence-electron chi connectivity index (χ2n) is 10.1. The molecule has 0 spiro atoms. The summed E-state index contributed by atoms with van der Waals surface area (Å²) in [7, 11) is -2.02. The van der Waals surface area contributed by atoms with Crippen molar-refractivity contribution in [1.29, 1.82) is 0 Å². The maximum absolute atomic E-state index is 12.9. The number of rotatable bonds is 8. The lowest BCUT2D eigenvalue weighted by atomic mass is 9.98. The van der Waals surface area contributed by atoms with Crippen LogP contribution in [-0.2, 0) is 15.7 Å². The minimum absolute atomic E-state index is 0.0563. The van der Waals surface area contributed by atoms with Gasteiger partial charge in [-0.05, 0) is 66.3 Å². The third kappa shape index (κ3) is 6.59. The third-order valence-corrected chi connectivity index (χ3v) is 12.2. The van der Waals surface area contributed by atoms with E-state index in [1.807, 2.05) is 17.8 Å². The van der Waals surface area contributed by atoms with Crippen molar-refractivity contribution in [3.05, 3.63) is 71.8 Å². The molecule has 2 aromatic carbocycles. The van der Waals surface area contributed by atoms with Gasteiger partial charge in [0.25, 0.3) is 5.91 Å². The third-order valence-electron chi connectivity index (χ3n) is 6.62. The molecule has 0 fully saturated rings. The molecule has 3 nitrogen and oxygen atoms in total. The standard InChI is InChI=1S/C27H37NO2SSi/c1-27(2,3)32(4,5)30-28-26(29)24-13-9-10-14-25(24)31-20-19-21-15-17-23(18-16-21)22-11-7-6-8-12-22/h6-8,11-13,15-18,25H,9-10,14,19-20H2,1-5H3,(H,28,29). The van der Waals surface area contributed by atoms with Crippen LogP contribution in [0.3, 0.4) is 0 Å². The minimum Gasteiger partial charge on any atom is -0.319 e. The van der Waals surface area contributed by atoms with Crippen LogP contribution < -0.4 is 5.48 Å². The van der Waals surface area contributed by atoms with E-state index >= 15 is 0 Å². The van der Waals surface area contributed by atoms with Crippen molar-refractivity contribution in [1.82, 2.24) is 5.48 Å². The van der Waals surface area contributed by atoms with E-state index in [9.17, 15) is 4.79 Å². The van der Waals surface area contributed by atoms with Gasteiger partial charge in [0.15, 0.2) is 0 Å². The number of carbonyl (C=O) groups is 1. The first-order valence-corrected chi connectivity index (χ1v) is 15.6. The SMILES string of the molecule is CC(C)(C)[Si](C)(C)ONC(=O)C1=CCCCC1SCCc1ccc(-c2ccccc2)cc1. The molecule has 1 amide bonds. The van der Waals surface area contributed by atoms with Crippen LogP contribution in [0.1, 0.15) is 45.6 Å². The highest BCUT2D eigenvalue weighted by Gasteiger charge is 2.39. The molecular formula is C27H37NO2SSi. The van der Waals surface area contributed by atoms with Gasteiger partial charge in [-0.25, -0.2) is 5.48 Å². The molecule has 1 aliphatic carbocycles. The summed E-state index contributed by atoms with van der Waals surface area (Å²) in [6.07, 6.45) is 6.28. The Morgan fingerprint density at radius 3 is 2.38 bits per heavy atom. The molecule has 5 heteroatoms. The second-order valence-corrected chi connectivity index (χ2v) is 16.1. The van der Waals surface area contributed by atoms with Gasteiger partial charge < -0.3 is 4.53 Å². The maximum atomic E-state index is 12.9. The monoisotopic (exact) mass is 467 g/mol. The topological polar surface area (TPSA) is 38.3 Å². The molecule has 0 bridgehead atoms. The van der Waals surface area contributed by atoms with Gasteiger partial charge in [0.05, 0.1) is 0 Å². The van der Waals surface area contributed by atoms with E-state index in [-0.39, 0.29) is 16.2 Å². The molecular weight excluding hydrogens is 430 g/mol. The zero-order valence-corrected chi connectivity index (χ0v) is 21.9. The molecule has 1 aliphatic rings. The van der Waals surface area contributed by atoms with E-state index in [0.29, 0.717) is 0 Å². The van der Waals surface area contributed by atoms with Crippen molar-refractivity contribution in [3.8, 4) is 11.1 Å². The van der Waals surface area contributed by atoms with Crippen LogP contribution >= 0.6 is 11.8 Å². The molecule has 1 unspecified atom stereocenters. The number of hydroxylamine groups is 1. The average Bonchev–Trinajstić information content (AvgIpc) is 2.78. The number of amides is 1. The molecule has 0 heterocycles. The number of allylic oxidation sites excluding steroid dienone is 1. The van der Waals surface area contributed by atoms with Crippen molar-refractivity contribution in [2.24, 2.45) is 0 Å². The Balaban J connectivity index is 1.52. The number of aryl methyl sites for hydroxylation is 1. The Kier molecular flexibility index (Phi) is 8.42. The lowest BCUT2D eigenvalue weighted by Crippen LogP contribution is -2.47. The Morgan fingerprint density at radius 2 is 1.72 bits per heavy atom. The van der Waals surface area contributed by atoms with Gasteiger partial charge in [-0.1, -0.05) is 81.4 Å². The summed E-state index contributed by atoms with van der Waals surface area (Å²) in [5.74, 6) is 0.947. The highest BCUT2D eigenvalue weighted by atomic mass is 32.2.